The molecule has 0 unspecified atom stereocenters. The van der Waals surface area contributed by atoms with Crippen molar-refractivity contribution in [1.29, 1.82) is 0 Å². The molecule has 1 N–H and O–H groups in total. The highest BCUT2D eigenvalue weighted by Crippen LogP contribution is 2.27. The van der Waals surface area contributed by atoms with Crippen molar-refractivity contribution in [2.45, 2.75) is 13.5 Å². The lowest BCUT2D eigenvalue weighted by Crippen LogP contribution is -1.92. The lowest BCUT2D eigenvalue weighted by molar-refractivity contribution is 0.278. The van der Waals surface area contributed by atoms with Gasteiger partial charge in [-0.3, -0.25) is 4.98 Å². The number of hydrogen-bond donors (Lipinski definition) is 1. The molecule has 5 nitrogen and oxygen atoms in total. The van der Waals surface area contributed by atoms with E-state index in [0.29, 0.717) is 17.4 Å². The molecule has 1 aromatic carbocycles. The summed E-state index contributed by atoms with van der Waals surface area (Å²) in [5, 5.41) is 15.1. The molecule has 18 heavy (non-hydrogen) atoms. The SMILES string of the molecule is Cc1nc(-c2cccc3c(CO)nccc23)no1. The van der Waals surface area contributed by atoms with Crippen molar-refractivity contribution >= 4 is 10.8 Å². The van der Waals surface area contributed by atoms with Crippen LogP contribution < -0.4 is 0 Å². The van der Waals surface area contributed by atoms with Gasteiger partial charge >= 0.3 is 0 Å². The van der Waals surface area contributed by atoms with Crippen LogP contribution in [0.2, 0.25) is 0 Å². The number of pyridine rings is 1. The number of aliphatic hydroxyl groups excluding tert-OH is 1. The Morgan fingerprint density at radius 3 is 2.83 bits per heavy atom. The average molecular weight is 241 g/mol. The molecule has 3 rings (SSSR count). The number of aromatic nitrogens is 3. The normalized spacial score (nSPS) is 11.0. The summed E-state index contributed by atoms with van der Waals surface area (Å²) in [7, 11) is 0. The minimum absolute atomic E-state index is 0.0912. The molecule has 0 saturated carbocycles. The van der Waals surface area contributed by atoms with Crippen LogP contribution in [0.5, 0.6) is 0 Å². The summed E-state index contributed by atoms with van der Waals surface area (Å²) in [6.45, 7) is 1.66. The Kier molecular flexibility index (Phi) is 2.53. The maximum absolute atomic E-state index is 9.29. The summed E-state index contributed by atoms with van der Waals surface area (Å²) < 4.78 is 5.00. The van der Waals surface area contributed by atoms with Crippen molar-refractivity contribution < 1.29 is 9.63 Å². The lowest BCUT2D eigenvalue weighted by Gasteiger charge is -2.05. The Morgan fingerprint density at radius 2 is 2.11 bits per heavy atom. The average Bonchev–Trinajstić information content (AvgIpc) is 2.84. The Bertz CT molecular complexity index is 706. The van der Waals surface area contributed by atoms with Crippen molar-refractivity contribution in [2.75, 3.05) is 0 Å². The lowest BCUT2D eigenvalue weighted by atomic mass is 10.0. The zero-order valence-corrected chi connectivity index (χ0v) is 9.79. The number of rotatable bonds is 2. The molecule has 0 radical (unpaired) electrons. The van der Waals surface area contributed by atoms with Crippen LogP contribution in [0.3, 0.4) is 0 Å². The molecule has 5 heteroatoms. The number of hydrogen-bond acceptors (Lipinski definition) is 5. The second-order valence-corrected chi connectivity index (χ2v) is 3.95. The molecule has 2 heterocycles. The van der Waals surface area contributed by atoms with Crippen LogP contribution in [0.25, 0.3) is 22.2 Å². The largest absolute Gasteiger partial charge is 0.390 e. The highest BCUT2D eigenvalue weighted by molar-refractivity contribution is 5.96. The van der Waals surface area contributed by atoms with Crippen molar-refractivity contribution in [1.82, 2.24) is 15.1 Å². The van der Waals surface area contributed by atoms with E-state index < -0.39 is 0 Å². The van der Waals surface area contributed by atoms with E-state index in [4.69, 9.17) is 4.52 Å². The standard InChI is InChI=1S/C13H11N3O2/c1-8-15-13(16-18-8)11-4-2-3-10-9(11)5-6-14-12(10)7-17/h2-6,17H,7H2,1H3. The van der Waals surface area contributed by atoms with E-state index in [1.807, 2.05) is 24.3 Å². The van der Waals surface area contributed by atoms with Gasteiger partial charge in [-0.15, -0.1) is 0 Å². The molecule has 0 aliphatic rings. The van der Waals surface area contributed by atoms with Crippen LogP contribution >= 0.6 is 0 Å². The summed E-state index contributed by atoms with van der Waals surface area (Å²) in [5.41, 5.74) is 1.52. The zero-order valence-electron chi connectivity index (χ0n) is 9.79. The molecule has 0 saturated heterocycles. The highest BCUT2D eigenvalue weighted by Gasteiger charge is 2.11. The third-order valence-corrected chi connectivity index (χ3v) is 2.81. The predicted molar refractivity (Wildman–Crippen MR) is 65.7 cm³/mol. The van der Waals surface area contributed by atoms with Gasteiger partial charge in [-0.1, -0.05) is 23.4 Å². The van der Waals surface area contributed by atoms with Gasteiger partial charge in [-0.05, 0) is 11.5 Å². The second-order valence-electron chi connectivity index (χ2n) is 3.95. The molecule has 0 amide bonds. The highest BCUT2D eigenvalue weighted by atomic mass is 16.5. The Morgan fingerprint density at radius 1 is 1.22 bits per heavy atom. The van der Waals surface area contributed by atoms with Gasteiger partial charge in [0.25, 0.3) is 0 Å². The van der Waals surface area contributed by atoms with Crippen LogP contribution in [-0.2, 0) is 6.61 Å². The number of benzene rings is 1. The number of nitrogens with zero attached hydrogens (tertiary/aromatic N) is 3. The van der Waals surface area contributed by atoms with E-state index in [-0.39, 0.29) is 6.61 Å². The molecule has 0 fully saturated rings. The van der Waals surface area contributed by atoms with E-state index in [1.54, 1.807) is 13.1 Å². The van der Waals surface area contributed by atoms with Crippen LogP contribution in [-0.4, -0.2) is 20.2 Å². The van der Waals surface area contributed by atoms with E-state index >= 15 is 0 Å². The summed E-state index contributed by atoms with van der Waals surface area (Å²) in [4.78, 5) is 8.38. The maximum atomic E-state index is 9.29. The first kappa shape index (κ1) is 10.9. The van der Waals surface area contributed by atoms with Gasteiger partial charge in [0.05, 0.1) is 12.3 Å². The van der Waals surface area contributed by atoms with Gasteiger partial charge < -0.3 is 9.63 Å². The Hall–Kier alpha value is -2.27. The number of aryl methyl sites for hydroxylation is 1. The predicted octanol–water partition coefficient (Wildman–Crippen LogP) is 2.09. The number of fused-ring (bicyclic) bond motifs is 1. The monoisotopic (exact) mass is 241 g/mol. The van der Waals surface area contributed by atoms with Crippen LogP contribution in [0.15, 0.2) is 35.0 Å². The van der Waals surface area contributed by atoms with Gasteiger partial charge in [0.1, 0.15) is 0 Å². The number of aliphatic hydroxyl groups is 1. The van der Waals surface area contributed by atoms with Gasteiger partial charge in [-0.25, -0.2) is 0 Å². The van der Waals surface area contributed by atoms with Crippen LogP contribution in [0.1, 0.15) is 11.6 Å². The van der Waals surface area contributed by atoms with Gasteiger partial charge in [0.2, 0.25) is 11.7 Å². The molecule has 0 aliphatic heterocycles. The molecule has 2 aromatic heterocycles. The summed E-state index contributed by atoms with van der Waals surface area (Å²) in [6.07, 6.45) is 1.67. The minimum Gasteiger partial charge on any atom is -0.390 e. The van der Waals surface area contributed by atoms with Crippen molar-refractivity contribution in [3.05, 3.63) is 42.0 Å². The van der Waals surface area contributed by atoms with Crippen LogP contribution in [0.4, 0.5) is 0 Å². The smallest absolute Gasteiger partial charge is 0.223 e. The van der Waals surface area contributed by atoms with E-state index in [1.165, 1.54) is 0 Å². The molecule has 0 bridgehead atoms. The van der Waals surface area contributed by atoms with Gasteiger partial charge in [0.15, 0.2) is 0 Å². The topological polar surface area (TPSA) is 72.0 Å². The third-order valence-electron chi connectivity index (χ3n) is 2.81. The Labute approximate surface area is 103 Å². The van der Waals surface area contributed by atoms with E-state index in [9.17, 15) is 5.11 Å². The second kappa shape index (κ2) is 4.19. The summed E-state index contributed by atoms with van der Waals surface area (Å²) in [5.74, 6) is 1.08. The maximum Gasteiger partial charge on any atom is 0.223 e. The third kappa shape index (κ3) is 1.65. The first-order valence-electron chi connectivity index (χ1n) is 5.58. The fourth-order valence-corrected chi connectivity index (χ4v) is 2.00. The first-order valence-corrected chi connectivity index (χ1v) is 5.58. The quantitative estimate of drug-likeness (QED) is 0.743. The van der Waals surface area contributed by atoms with Crippen molar-refractivity contribution in [2.24, 2.45) is 0 Å². The fraction of sp³-hybridized carbons (Fsp3) is 0.154. The van der Waals surface area contributed by atoms with E-state index in [2.05, 4.69) is 15.1 Å². The molecule has 3 aromatic rings. The molecule has 0 spiro atoms. The molecular formula is C13H11N3O2. The molecule has 90 valence electrons. The Balaban J connectivity index is 2.30. The van der Waals surface area contributed by atoms with Crippen molar-refractivity contribution in [3.63, 3.8) is 0 Å². The fourth-order valence-electron chi connectivity index (χ4n) is 2.00. The summed E-state index contributed by atoms with van der Waals surface area (Å²) in [6, 6.07) is 7.62. The van der Waals surface area contributed by atoms with Gasteiger partial charge in [-0.2, -0.15) is 4.98 Å². The van der Waals surface area contributed by atoms with Gasteiger partial charge in [0, 0.05) is 24.1 Å². The minimum atomic E-state index is -0.0912. The molecular weight excluding hydrogens is 230 g/mol. The first-order chi connectivity index (χ1) is 8.79. The van der Waals surface area contributed by atoms with Crippen molar-refractivity contribution in [3.8, 4) is 11.4 Å². The summed E-state index contributed by atoms with van der Waals surface area (Å²) >= 11 is 0. The van der Waals surface area contributed by atoms with Crippen LogP contribution in [0, 0.1) is 6.92 Å². The van der Waals surface area contributed by atoms with E-state index in [0.717, 1.165) is 16.3 Å². The molecule has 0 aliphatic carbocycles. The zero-order chi connectivity index (χ0) is 12.5. The molecule has 0 atom stereocenters.